The van der Waals surface area contributed by atoms with E-state index < -0.39 is 5.92 Å². The highest BCUT2D eigenvalue weighted by Gasteiger charge is 2.50. The van der Waals surface area contributed by atoms with Crippen LogP contribution in [0.25, 0.3) is 6.08 Å². The lowest BCUT2D eigenvalue weighted by atomic mass is 9.86. The fourth-order valence-electron chi connectivity index (χ4n) is 4.66. The summed E-state index contributed by atoms with van der Waals surface area (Å²) in [6, 6.07) is 13.4. The van der Waals surface area contributed by atoms with E-state index in [1.54, 1.807) is 10.6 Å². The number of nitrogens with one attached hydrogen (secondary N) is 2. The van der Waals surface area contributed by atoms with Crippen molar-refractivity contribution >= 4 is 12.0 Å². The molecule has 1 aromatic carbocycles. The van der Waals surface area contributed by atoms with Crippen molar-refractivity contribution in [3.05, 3.63) is 75.7 Å². The first kappa shape index (κ1) is 19.6. The van der Waals surface area contributed by atoms with Crippen LogP contribution >= 0.6 is 0 Å². The lowest BCUT2D eigenvalue weighted by Gasteiger charge is -2.28. The second-order valence-corrected chi connectivity index (χ2v) is 7.78. The molecule has 6 heteroatoms. The molecule has 6 nitrogen and oxygen atoms in total. The molecule has 3 N–H and O–H groups in total. The SMILES string of the molecule is C/C=C/c1ccc2n(c1=O)C[C@H]1N[C@@H]2[C@@H](C(=O)NCCc2ccccc2)[C@@H]1CO. The monoisotopic (exact) mass is 393 g/mol. The van der Waals surface area contributed by atoms with Crippen molar-refractivity contribution in [2.75, 3.05) is 13.2 Å². The second kappa shape index (κ2) is 8.35. The maximum absolute atomic E-state index is 13.1. The Morgan fingerprint density at radius 2 is 2.07 bits per heavy atom. The van der Waals surface area contributed by atoms with E-state index in [0.717, 1.165) is 12.1 Å². The average molecular weight is 393 g/mol. The number of nitrogens with zero attached hydrogens (tertiary/aromatic N) is 1. The highest BCUT2D eigenvalue weighted by molar-refractivity contribution is 5.80. The number of fused-ring (bicyclic) bond motifs is 4. The van der Waals surface area contributed by atoms with E-state index in [-0.39, 0.29) is 36.1 Å². The van der Waals surface area contributed by atoms with Crippen LogP contribution in [0.5, 0.6) is 0 Å². The van der Waals surface area contributed by atoms with Gasteiger partial charge in [0.1, 0.15) is 0 Å². The summed E-state index contributed by atoms with van der Waals surface area (Å²) in [5.74, 6) is -0.693. The van der Waals surface area contributed by atoms with Crippen LogP contribution in [0.1, 0.15) is 29.8 Å². The lowest BCUT2D eigenvalue weighted by molar-refractivity contribution is -0.127. The highest BCUT2D eigenvalue weighted by atomic mass is 16.3. The molecule has 0 saturated carbocycles. The Morgan fingerprint density at radius 1 is 1.28 bits per heavy atom. The third-order valence-corrected chi connectivity index (χ3v) is 6.08. The van der Waals surface area contributed by atoms with Gasteiger partial charge in [-0.3, -0.25) is 9.59 Å². The Hall–Kier alpha value is -2.70. The number of carbonyl (C=O) groups excluding carboxylic acids is 1. The molecule has 0 aliphatic carbocycles. The van der Waals surface area contributed by atoms with E-state index in [1.807, 2.05) is 55.5 Å². The van der Waals surface area contributed by atoms with Crippen LogP contribution in [-0.2, 0) is 17.8 Å². The number of allylic oxidation sites excluding steroid dienone is 1. The third-order valence-electron chi connectivity index (χ3n) is 6.08. The standard InChI is InChI=1S/C23H27N3O3/c1-2-6-16-9-10-19-21-20(17(14-27)18(25-21)13-26(19)23(16)29)22(28)24-12-11-15-7-4-3-5-8-15/h2-10,17-18,20-21,25,27H,11-14H2,1H3,(H,24,28)/b6-2+/t17-,18-,20+,21+/m1/s1. The van der Waals surface area contributed by atoms with Crippen LogP contribution in [-0.4, -0.2) is 34.8 Å². The minimum Gasteiger partial charge on any atom is -0.396 e. The van der Waals surface area contributed by atoms with Crippen molar-refractivity contribution in [1.82, 2.24) is 15.2 Å². The Morgan fingerprint density at radius 3 is 2.79 bits per heavy atom. The van der Waals surface area contributed by atoms with Gasteiger partial charge in [-0.15, -0.1) is 0 Å². The largest absolute Gasteiger partial charge is 0.396 e. The van der Waals surface area contributed by atoms with Crippen molar-refractivity contribution in [3.63, 3.8) is 0 Å². The first-order chi connectivity index (χ1) is 14.1. The molecule has 3 heterocycles. The Labute approximate surface area is 170 Å². The van der Waals surface area contributed by atoms with E-state index in [2.05, 4.69) is 10.6 Å². The lowest BCUT2D eigenvalue weighted by Crippen LogP contribution is -2.43. The highest BCUT2D eigenvalue weighted by Crippen LogP contribution is 2.40. The zero-order valence-corrected chi connectivity index (χ0v) is 16.5. The number of hydrogen-bond acceptors (Lipinski definition) is 4. The Kier molecular flexibility index (Phi) is 5.65. The average Bonchev–Trinajstić information content (AvgIpc) is 3.04. The summed E-state index contributed by atoms with van der Waals surface area (Å²) in [5.41, 5.74) is 2.59. The molecule has 2 aliphatic rings. The molecule has 4 rings (SSSR count). The number of aromatic nitrogens is 1. The van der Waals surface area contributed by atoms with Gasteiger partial charge in [-0.1, -0.05) is 42.5 Å². The van der Waals surface area contributed by atoms with E-state index >= 15 is 0 Å². The first-order valence-corrected chi connectivity index (χ1v) is 10.2. The zero-order chi connectivity index (χ0) is 20.4. The van der Waals surface area contributed by atoms with Crippen molar-refractivity contribution in [2.45, 2.75) is 32.0 Å². The Balaban J connectivity index is 1.55. The number of aliphatic hydroxyl groups excluding tert-OH is 1. The van der Waals surface area contributed by atoms with Gasteiger partial charge in [0.2, 0.25) is 5.91 Å². The second-order valence-electron chi connectivity index (χ2n) is 7.78. The van der Waals surface area contributed by atoms with Crippen LogP contribution in [0.2, 0.25) is 0 Å². The van der Waals surface area contributed by atoms with Gasteiger partial charge < -0.3 is 20.3 Å². The summed E-state index contributed by atoms with van der Waals surface area (Å²) in [5, 5.41) is 16.5. The summed E-state index contributed by atoms with van der Waals surface area (Å²) in [7, 11) is 0. The van der Waals surface area contributed by atoms with Gasteiger partial charge in [-0.05, 0) is 31.0 Å². The maximum Gasteiger partial charge on any atom is 0.258 e. The molecular formula is C23H27N3O3. The fourth-order valence-corrected chi connectivity index (χ4v) is 4.66. The molecule has 2 aromatic rings. The predicted molar refractivity (Wildman–Crippen MR) is 112 cm³/mol. The van der Waals surface area contributed by atoms with Gasteiger partial charge in [0.05, 0.1) is 12.0 Å². The van der Waals surface area contributed by atoms with Gasteiger partial charge in [0.15, 0.2) is 0 Å². The fraction of sp³-hybridized carbons (Fsp3) is 0.391. The Bertz CT molecular complexity index is 967. The minimum absolute atomic E-state index is 0.0427. The number of aliphatic hydroxyl groups is 1. The number of amides is 1. The van der Waals surface area contributed by atoms with Crippen molar-refractivity contribution in [1.29, 1.82) is 0 Å². The first-order valence-electron chi connectivity index (χ1n) is 10.2. The van der Waals surface area contributed by atoms with E-state index in [0.29, 0.717) is 18.7 Å². The third kappa shape index (κ3) is 3.66. The summed E-state index contributed by atoms with van der Waals surface area (Å²) in [6.07, 6.45) is 4.41. The molecule has 152 valence electrons. The topological polar surface area (TPSA) is 83.4 Å². The van der Waals surface area contributed by atoms with Crippen molar-refractivity contribution in [2.24, 2.45) is 11.8 Å². The molecular weight excluding hydrogens is 366 g/mol. The van der Waals surface area contributed by atoms with Crippen molar-refractivity contribution in [3.8, 4) is 0 Å². The van der Waals surface area contributed by atoms with Gasteiger partial charge in [0, 0.05) is 42.9 Å². The molecule has 1 amide bonds. The minimum atomic E-state index is -0.401. The number of carbonyl (C=O) groups is 1. The van der Waals surface area contributed by atoms with Gasteiger partial charge in [-0.25, -0.2) is 0 Å². The van der Waals surface area contributed by atoms with E-state index in [4.69, 9.17) is 0 Å². The number of hydrogen-bond donors (Lipinski definition) is 3. The number of pyridine rings is 1. The maximum atomic E-state index is 13.1. The van der Waals surface area contributed by atoms with E-state index in [1.165, 1.54) is 5.56 Å². The molecule has 4 atom stereocenters. The van der Waals surface area contributed by atoms with Crippen LogP contribution in [0.4, 0.5) is 0 Å². The smallest absolute Gasteiger partial charge is 0.258 e. The van der Waals surface area contributed by atoms with Gasteiger partial charge in [0.25, 0.3) is 5.56 Å². The van der Waals surface area contributed by atoms with Crippen LogP contribution < -0.4 is 16.2 Å². The number of rotatable bonds is 6. The summed E-state index contributed by atoms with van der Waals surface area (Å²) in [6.45, 7) is 2.80. The molecule has 2 bridgehead atoms. The summed E-state index contributed by atoms with van der Waals surface area (Å²) < 4.78 is 1.76. The van der Waals surface area contributed by atoms with Gasteiger partial charge >= 0.3 is 0 Å². The summed E-state index contributed by atoms with van der Waals surface area (Å²) in [4.78, 5) is 25.9. The predicted octanol–water partition coefficient (Wildman–Crippen LogP) is 1.49. The molecule has 0 unspecified atom stereocenters. The molecule has 1 aromatic heterocycles. The van der Waals surface area contributed by atoms with Crippen molar-refractivity contribution < 1.29 is 9.90 Å². The molecule has 2 aliphatic heterocycles. The number of benzene rings is 1. The van der Waals surface area contributed by atoms with Gasteiger partial charge in [-0.2, -0.15) is 0 Å². The van der Waals surface area contributed by atoms with E-state index in [9.17, 15) is 14.7 Å². The molecule has 0 radical (unpaired) electrons. The van der Waals surface area contributed by atoms with Crippen LogP contribution in [0.15, 0.2) is 53.3 Å². The zero-order valence-electron chi connectivity index (χ0n) is 16.5. The molecule has 0 spiro atoms. The normalized spacial score (nSPS) is 25.2. The molecule has 1 saturated heterocycles. The quantitative estimate of drug-likeness (QED) is 0.694. The van der Waals surface area contributed by atoms with Crippen LogP contribution in [0.3, 0.4) is 0 Å². The summed E-state index contributed by atoms with van der Waals surface area (Å²) >= 11 is 0. The van der Waals surface area contributed by atoms with Crippen LogP contribution in [0, 0.1) is 11.8 Å². The molecule has 1 fully saturated rings. The molecule has 29 heavy (non-hydrogen) atoms.